The molecule has 0 saturated carbocycles. The lowest BCUT2D eigenvalue weighted by Crippen LogP contribution is -3.11. The molecule has 0 spiro atoms. The van der Waals surface area contributed by atoms with E-state index in [1.54, 1.807) is 4.90 Å². The minimum Gasteiger partial charge on any atom is -0.848 e. The fourth-order valence-corrected chi connectivity index (χ4v) is 0.750. The van der Waals surface area contributed by atoms with E-state index in [-0.39, 0.29) is 0 Å². The fraction of sp³-hybridized carbons (Fsp3) is 1.00. The third-order valence-electron chi connectivity index (χ3n) is 1.66. The fourth-order valence-electron chi connectivity index (χ4n) is 0.750. The lowest BCUT2D eigenvalue weighted by atomic mass is 10.5. The summed E-state index contributed by atoms with van der Waals surface area (Å²) in [5, 5.41) is 8.83. The van der Waals surface area contributed by atoms with E-state index < -0.39 is 12.8 Å². The molecule has 0 saturated heterocycles. The van der Waals surface area contributed by atoms with Crippen molar-refractivity contribution in [2.75, 3.05) is 26.2 Å². The van der Waals surface area contributed by atoms with Crippen molar-refractivity contribution >= 4 is 0 Å². The van der Waals surface area contributed by atoms with Crippen molar-refractivity contribution in [1.82, 2.24) is 0 Å². The van der Waals surface area contributed by atoms with Gasteiger partial charge in [0.15, 0.2) is 0 Å². The molecule has 0 aliphatic rings. The molecule has 0 fully saturated rings. The molecule has 82 valence electrons. The Morgan fingerprint density at radius 3 is 1.23 bits per heavy atom. The summed E-state index contributed by atoms with van der Waals surface area (Å²) in [4.78, 5) is 1.68. The molecular weight excluding hydrogens is 183 g/mol. The van der Waals surface area contributed by atoms with Crippen LogP contribution >= 0.6 is 0 Å². The highest BCUT2D eigenvalue weighted by Gasteiger charge is 2.18. The first-order valence-corrected chi connectivity index (χ1v) is 4.39. The molecule has 0 bridgehead atoms. The van der Waals surface area contributed by atoms with E-state index in [4.69, 9.17) is 5.11 Å². The van der Waals surface area contributed by atoms with E-state index in [2.05, 4.69) is 20.8 Å². The van der Waals surface area contributed by atoms with Gasteiger partial charge in [-0.05, 0) is 27.4 Å². The van der Waals surface area contributed by atoms with E-state index in [0.29, 0.717) is 0 Å². The van der Waals surface area contributed by atoms with Gasteiger partial charge in [-0.25, -0.2) is 0 Å². The molecule has 0 radical (unpaired) electrons. The van der Waals surface area contributed by atoms with Crippen molar-refractivity contribution < 1.29 is 23.2 Å². The molecule has 0 atom stereocenters. The molecule has 0 aromatic carbocycles. The number of hydrogen-bond acceptors (Lipinski definition) is 1. The third kappa shape index (κ3) is 14.6. The Balaban J connectivity index is 0. The highest BCUT2D eigenvalue weighted by molar-refractivity contribution is 4.37. The monoisotopic (exact) mass is 201 g/mol. The molecule has 0 rings (SSSR count). The highest BCUT2D eigenvalue weighted by atomic mass is 19.4. The molecule has 5 heteroatoms. The summed E-state index contributed by atoms with van der Waals surface area (Å²) in [6.07, 6.45) is -4.51. The van der Waals surface area contributed by atoms with Gasteiger partial charge >= 0.3 is 6.18 Å². The van der Waals surface area contributed by atoms with Gasteiger partial charge in [0, 0.05) is 0 Å². The van der Waals surface area contributed by atoms with Gasteiger partial charge in [-0.2, -0.15) is 13.2 Å². The molecule has 0 amide bonds. The minimum absolute atomic E-state index is 1.27. The van der Waals surface area contributed by atoms with Crippen molar-refractivity contribution in [3.05, 3.63) is 0 Å². The molecule has 13 heavy (non-hydrogen) atoms. The zero-order valence-corrected chi connectivity index (χ0v) is 8.37. The van der Waals surface area contributed by atoms with Gasteiger partial charge in [-0.3, -0.25) is 0 Å². The predicted octanol–water partition coefficient (Wildman–Crippen LogP) is -0.160. The van der Waals surface area contributed by atoms with Gasteiger partial charge in [-0.15, -0.1) is 0 Å². The van der Waals surface area contributed by atoms with Gasteiger partial charge in [0.05, 0.1) is 19.6 Å². The average Bonchev–Trinajstić information content (AvgIpc) is 2.07. The van der Waals surface area contributed by atoms with E-state index >= 15 is 0 Å². The highest BCUT2D eigenvalue weighted by Crippen LogP contribution is 2.09. The van der Waals surface area contributed by atoms with E-state index in [1.807, 2.05) is 0 Å². The van der Waals surface area contributed by atoms with Crippen LogP contribution in [-0.2, 0) is 0 Å². The maximum atomic E-state index is 10.5. The van der Waals surface area contributed by atoms with Crippen molar-refractivity contribution in [3.8, 4) is 0 Å². The quantitative estimate of drug-likeness (QED) is 0.675. The van der Waals surface area contributed by atoms with E-state index in [9.17, 15) is 13.2 Å². The van der Waals surface area contributed by atoms with Crippen LogP contribution in [0.15, 0.2) is 0 Å². The first-order chi connectivity index (χ1) is 5.91. The van der Waals surface area contributed by atoms with Gasteiger partial charge in [0.25, 0.3) is 0 Å². The van der Waals surface area contributed by atoms with Crippen LogP contribution in [0.1, 0.15) is 20.8 Å². The molecule has 0 aliphatic carbocycles. The van der Waals surface area contributed by atoms with Gasteiger partial charge < -0.3 is 10.0 Å². The molecule has 1 N–H and O–H groups in total. The molecule has 0 aromatic rings. The molecule has 0 heterocycles. The second-order valence-electron chi connectivity index (χ2n) is 2.57. The van der Waals surface area contributed by atoms with Crippen LogP contribution in [0.5, 0.6) is 0 Å². The van der Waals surface area contributed by atoms with Crippen LogP contribution in [0.3, 0.4) is 0 Å². The summed E-state index contributed by atoms with van der Waals surface area (Å²) in [6, 6.07) is 0. The van der Waals surface area contributed by atoms with Crippen molar-refractivity contribution in [3.63, 3.8) is 0 Å². The molecule has 0 unspecified atom stereocenters. The summed E-state index contributed by atoms with van der Waals surface area (Å²) in [5.41, 5.74) is 0. The number of nitrogens with one attached hydrogen (secondary N) is 1. The lowest BCUT2D eigenvalue weighted by molar-refractivity contribution is -0.894. The van der Waals surface area contributed by atoms with Crippen molar-refractivity contribution in [2.24, 2.45) is 0 Å². The Labute approximate surface area is 77.4 Å². The maximum absolute atomic E-state index is 10.5. The molecule has 0 aliphatic heterocycles. The number of alkyl halides is 3. The predicted molar refractivity (Wildman–Crippen MR) is 43.5 cm³/mol. The number of halogens is 3. The third-order valence-corrected chi connectivity index (χ3v) is 1.66. The lowest BCUT2D eigenvalue weighted by Gasteiger charge is -2.10. The second-order valence-corrected chi connectivity index (χ2v) is 2.57. The van der Waals surface area contributed by atoms with Gasteiger partial charge in [0.2, 0.25) is 0 Å². The first-order valence-electron chi connectivity index (χ1n) is 4.39. The van der Waals surface area contributed by atoms with Crippen LogP contribution in [0.4, 0.5) is 13.2 Å². The van der Waals surface area contributed by atoms with Crippen LogP contribution in [-0.4, -0.2) is 32.4 Å². The zero-order chi connectivity index (χ0) is 10.9. The Kier molecular flexibility index (Phi) is 9.72. The van der Waals surface area contributed by atoms with Crippen LogP contribution < -0.4 is 10.0 Å². The summed E-state index contributed by atoms with van der Waals surface area (Å²) >= 11 is 0. The smallest absolute Gasteiger partial charge is 0.374 e. The van der Waals surface area contributed by atoms with Crippen LogP contribution in [0.25, 0.3) is 0 Å². The van der Waals surface area contributed by atoms with Gasteiger partial charge in [-0.1, -0.05) is 0 Å². The molecule has 2 nitrogen and oxygen atoms in total. The summed E-state index contributed by atoms with van der Waals surface area (Å²) < 4.78 is 31.4. The summed E-state index contributed by atoms with van der Waals surface area (Å²) in [6.45, 7) is 8.51. The van der Waals surface area contributed by atoms with Crippen LogP contribution in [0.2, 0.25) is 0 Å². The summed E-state index contributed by atoms with van der Waals surface area (Å²) in [7, 11) is 0. The van der Waals surface area contributed by atoms with Crippen LogP contribution in [0, 0.1) is 0 Å². The zero-order valence-electron chi connectivity index (χ0n) is 8.37. The SMILES string of the molecule is CC[NH+](CC)CC.[O-]CC(F)(F)F. The Bertz CT molecular complexity index is 96.5. The molecule has 0 aromatic heterocycles. The van der Waals surface area contributed by atoms with Crippen molar-refractivity contribution in [1.29, 1.82) is 0 Å². The standard InChI is InChI=1S/C6H15N.C2H2F3O/c1-4-7(5-2)6-3;3-2(4,5)1-6/h4-6H2,1-3H3;1H2/q;-1/p+1. The van der Waals surface area contributed by atoms with E-state index in [1.165, 1.54) is 19.6 Å². The average molecular weight is 201 g/mol. The first kappa shape index (κ1) is 15.2. The Morgan fingerprint density at radius 1 is 1.00 bits per heavy atom. The van der Waals surface area contributed by atoms with E-state index in [0.717, 1.165) is 0 Å². The van der Waals surface area contributed by atoms with Crippen molar-refractivity contribution in [2.45, 2.75) is 26.9 Å². The largest absolute Gasteiger partial charge is 0.848 e. The number of rotatable bonds is 3. The van der Waals surface area contributed by atoms with Gasteiger partial charge in [0.1, 0.15) is 0 Å². The Morgan fingerprint density at radius 2 is 1.23 bits per heavy atom. The maximum Gasteiger partial charge on any atom is 0.374 e. The normalized spacial score (nSPS) is 11.1. The number of hydrogen-bond donors (Lipinski definition) is 1. The number of quaternary nitrogens is 1. The molecular formula is C8H18F3NO. The summed E-state index contributed by atoms with van der Waals surface area (Å²) in [5.74, 6) is 0. The second kappa shape index (κ2) is 8.31. The Hall–Kier alpha value is -0.290. The topological polar surface area (TPSA) is 27.5 Å². The minimum atomic E-state index is -4.51.